The van der Waals surface area contributed by atoms with Crippen LogP contribution in [-0.2, 0) is 17.8 Å². The molecule has 2 N–H and O–H groups in total. The van der Waals surface area contributed by atoms with Crippen LogP contribution >= 0.6 is 11.3 Å². The Morgan fingerprint density at radius 3 is 2.62 bits per heavy atom. The molecule has 0 spiro atoms. The summed E-state index contributed by atoms with van der Waals surface area (Å²) in [6.07, 6.45) is -0.0298. The summed E-state index contributed by atoms with van der Waals surface area (Å²) in [4.78, 5) is 28.2. The zero-order valence-electron chi connectivity index (χ0n) is 11.4. The summed E-state index contributed by atoms with van der Waals surface area (Å²) < 4.78 is 0. The molecule has 1 heterocycles. The molecule has 0 bridgehead atoms. The summed E-state index contributed by atoms with van der Waals surface area (Å²) in [7, 11) is 1.69. The number of carboxylic acids is 1. The molecule has 2 amide bonds. The Labute approximate surface area is 126 Å². The number of thiazole rings is 1. The smallest absolute Gasteiger partial charge is 0.321 e. The second-order valence-corrected chi connectivity index (χ2v) is 5.25. The number of benzene rings is 1. The molecule has 0 aliphatic carbocycles. The minimum Gasteiger partial charge on any atom is -0.481 e. The van der Waals surface area contributed by atoms with E-state index in [0.717, 1.165) is 5.69 Å². The highest BCUT2D eigenvalue weighted by Crippen LogP contribution is 2.12. The Balaban J connectivity index is 1.91. The van der Waals surface area contributed by atoms with Gasteiger partial charge in [0.1, 0.15) is 0 Å². The first-order valence-electron chi connectivity index (χ1n) is 6.24. The van der Waals surface area contributed by atoms with Crippen molar-refractivity contribution in [2.24, 2.45) is 0 Å². The number of hydrogen-bond donors (Lipinski definition) is 2. The van der Waals surface area contributed by atoms with E-state index in [1.54, 1.807) is 36.8 Å². The Morgan fingerprint density at radius 1 is 1.33 bits per heavy atom. The lowest BCUT2D eigenvalue weighted by Crippen LogP contribution is -2.30. The summed E-state index contributed by atoms with van der Waals surface area (Å²) in [5.74, 6) is -0.880. The van der Waals surface area contributed by atoms with E-state index in [1.807, 2.05) is 5.38 Å². The highest BCUT2D eigenvalue weighted by Gasteiger charge is 2.10. The van der Waals surface area contributed by atoms with E-state index in [9.17, 15) is 9.59 Å². The first-order valence-corrected chi connectivity index (χ1v) is 7.19. The molecule has 6 nitrogen and oxygen atoms in total. The summed E-state index contributed by atoms with van der Waals surface area (Å²) in [5.41, 5.74) is 3.88. The van der Waals surface area contributed by atoms with Crippen LogP contribution in [0.5, 0.6) is 0 Å². The van der Waals surface area contributed by atoms with Gasteiger partial charge in [0.05, 0.1) is 24.2 Å². The predicted octanol–water partition coefficient (Wildman–Crippen LogP) is 2.43. The van der Waals surface area contributed by atoms with E-state index in [2.05, 4.69) is 10.3 Å². The Hall–Kier alpha value is -2.41. The van der Waals surface area contributed by atoms with Gasteiger partial charge in [-0.3, -0.25) is 4.79 Å². The molecular weight excluding hydrogens is 290 g/mol. The van der Waals surface area contributed by atoms with Crippen LogP contribution in [0.3, 0.4) is 0 Å². The van der Waals surface area contributed by atoms with Crippen molar-refractivity contribution in [3.63, 3.8) is 0 Å². The number of carbonyl (C=O) groups excluding carboxylic acids is 1. The lowest BCUT2D eigenvalue weighted by molar-refractivity contribution is -0.136. The normalized spacial score (nSPS) is 10.1. The number of aliphatic carboxylic acids is 1. The van der Waals surface area contributed by atoms with Crippen LogP contribution < -0.4 is 5.32 Å². The van der Waals surface area contributed by atoms with Crippen LogP contribution in [0, 0.1) is 0 Å². The molecule has 1 aromatic carbocycles. The number of urea groups is 1. The molecule has 0 saturated heterocycles. The highest BCUT2D eigenvalue weighted by molar-refractivity contribution is 7.07. The number of rotatable bonds is 5. The van der Waals surface area contributed by atoms with Crippen LogP contribution in [0.25, 0.3) is 0 Å². The monoisotopic (exact) mass is 305 g/mol. The van der Waals surface area contributed by atoms with Crippen LogP contribution in [0.4, 0.5) is 10.5 Å². The topological polar surface area (TPSA) is 82.5 Å². The number of nitrogens with one attached hydrogen (secondary N) is 1. The summed E-state index contributed by atoms with van der Waals surface area (Å²) in [5, 5.41) is 13.3. The average Bonchev–Trinajstić information content (AvgIpc) is 2.93. The summed E-state index contributed by atoms with van der Waals surface area (Å²) in [6, 6.07) is 6.50. The maximum atomic E-state index is 12.0. The highest BCUT2D eigenvalue weighted by atomic mass is 32.1. The van der Waals surface area contributed by atoms with E-state index >= 15 is 0 Å². The van der Waals surface area contributed by atoms with Crippen LogP contribution in [0.15, 0.2) is 35.2 Å². The van der Waals surface area contributed by atoms with E-state index in [4.69, 9.17) is 5.11 Å². The fraction of sp³-hybridized carbons (Fsp3) is 0.214. The van der Waals surface area contributed by atoms with Crippen molar-refractivity contribution < 1.29 is 14.7 Å². The van der Waals surface area contributed by atoms with Gasteiger partial charge in [0.25, 0.3) is 0 Å². The molecule has 110 valence electrons. The number of anilines is 1. The third-order valence-corrected chi connectivity index (χ3v) is 3.43. The third-order valence-electron chi connectivity index (χ3n) is 2.79. The molecule has 7 heteroatoms. The van der Waals surface area contributed by atoms with Gasteiger partial charge >= 0.3 is 12.0 Å². The van der Waals surface area contributed by atoms with Crippen LogP contribution in [0.1, 0.15) is 11.3 Å². The van der Waals surface area contributed by atoms with E-state index in [1.165, 1.54) is 16.2 Å². The molecule has 1 aromatic heterocycles. The lowest BCUT2D eigenvalue weighted by atomic mass is 10.1. The van der Waals surface area contributed by atoms with Gasteiger partial charge in [0, 0.05) is 18.1 Å². The number of carboxylic acid groups (broad SMARTS) is 1. The summed E-state index contributed by atoms with van der Waals surface area (Å²) >= 11 is 1.49. The average molecular weight is 305 g/mol. The predicted molar refractivity (Wildman–Crippen MR) is 80.4 cm³/mol. The Morgan fingerprint density at radius 2 is 2.05 bits per heavy atom. The Kier molecular flexibility index (Phi) is 4.89. The second-order valence-electron chi connectivity index (χ2n) is 4.53. The zero-order valence-corrected chi connectivity index (χ0v) is 12.3. The number of hydrogen-bond acceptors (Lipinski definition) is 4. The SMILES string of the molecule is CN(Cc1cscn1)C(=O)Nc1ccc(CC(=O)O)cc1. The molecule has 0 atom stereocenters. The quantitative estimate of drug-likeness (QED) is 0.889. The van der Waals surface area contributed by atoms with Gasteiger partial charge < -0.3 is 15.3 Å². The molecule has 0 saturated carbocycles. The van der Waals surface area contributed by atoms with Crippen molar-refractivity contribution in [3.05, 3.63) is 46.4 Å². The fourth-order valence-electron chi connectivity index (χ4n) is 1.73. The largest absolute Gasteiger partial charge is 0.481 e. The van der Waals surface area contributed by atoms with E-state index < -0.39 is 5.97 Å². The molecule has 0 radical (unpaired) electrons. The summed E-state index contributed by atoms with van der Waals surface area (Å²) in [6.45, 7) is 0.437. The molecular formula is C14H15N3O3S. The van der Waals surface area contributed by atoms with Gasteiger partial charge in [-0.25, -0.2) is 9.78 Å². The van der Waals surface area contributed by atoms with Crippen LogP contribution in [-0.4, -0.2) is 34.0 Å². The van der Waals surface area contributed by atoms with Gasteiger partial charge in [-0.2, -0.15) is 0 Å². The first-order chi connectivity index (χ1) is 10.0. The van der Waals surface area contributed by atoms with Crippen LogP contribution in [0.2, 0.25) is 0 Å². The minimum absolute atomic E-state index is 0.0298. The number of nitrogens with zero attached hydrogens (tertiary/aromatic N) is 2. The van der Waals surface area contributed by atoms with Gasteiger partial charge in [-0.05, 0) is 17.7 Å². The van der Waals surface area contributed by atoms with Crippen molar-refractivity contribution in [1.29, 1.82) is 0 Å². The van der Waals surface area contributed by atoms with Gasteiger partial charge in [-0.1, -0.05) is 12.1 Å². The van der Waals surface area contributed by atoms with Crippen molar-refractivity contribution >= 4 is 29.0 Å². The molecule has 2 aromatic rings. The molecule has 0 fully saturated rings. The lowest BCUT2D eigenvalue weighted by Gasteiger charge is -2.16. The maximum Gasteiger partial charge on any atom is 0.321 e. The third kappa shape index (κ3) is 4.57. The van der Waals surface area contributed by atoms with Gasteiger partial charge in [0.15, 0.2) is 0 Å². The molecule has 2 rings (SSSR count). The van der Waals surface area contributed by atoms with Crippen molar-refractivity contribution in [3.8, 4) is 0 Å². The molecule has 0 unspecified atom stereocenters. The van der Waals surface area contributed by atoms with Gasteiger partial charge in [0.2, 0.25) is 0 Å². The molecule has 0 aliphatic rings. The Bertz CT molecular complexity index is 611. The van der Waals surface area contributed by atoms with Gasteiger partial charge in [-0.15, -0.1) is 11.3 Å². The molecule has 21 heavy (non-hydrogen) atoms. The zero-order chi connectivity index (χ0) is 15.2. The standard InChI is InChI=1S/C14H15N3O3S/c1-17(7-12-8-21-9-15-12)14(20)16-11-4-2-10(3-5-11)6-13(18)19/h2-5,8-9H,6-7H2,1H3,(H,16,20)(H,18,19). The number of carbonyl (C=O) groups is 2. The number of aromatic nitrogens is 1. The number of amides is 2. The maximum absolute atomic E-state index is 12.0. The minimum atomic E-state index is -0.880. The van der Waals surface area contributed by atoms with Crippen molar-refractivity contribution in [2.75, 3.05) is 12.4 Å². The fourth-order valence-corrected chi connectivity index (χ4v) is 2.28. The molecule has 0 aliphatic heterocycles. The second kappa shape index (κ2) is 6.85. The van der Waals surface area contributed by atoms with Crippen molar-refractivity contribution in [1.82, 2.24) is 9.88 Å². The van der Waals surface area contributed by atoms with Crippen molar-refractivity contribution in [2.45, 2.75) is 13.0 Å². The van der Waals surface area contributed by atoms with E-state index in [0.29, 0.717) is 17.8 Å². The first kappa shape index (κ1) is 15.0. The van der Waals surface area contributed by atoms with E-state index in [-0.39, 0.29) is 12.5 Å².